The minimum atomic E-state index is -0.474. The maximum atomic E-state index is 10.8. The van der Waals surface area contributed by atoms with Gasteiger partial charge in [0.25, 0.3) is 5.69 Å². The summed E-state index contributed by atoms with van der Waals surface area (Å²) in [6, 6.07) is 3.20. The van der Waals surface area contributed by atoms with E-state index in [0.717, 1.165) is 12.8 Å². The van der Waals surface area contributed by atoms with E-state index in [1.54, 1.807) is 6.07 Å². The van der Waals surface area contributed by atoms with E-state index in [1.807, 2.05) is 0 Å². The lowest BCUT2D eigenvalue weighted by Crippen LogP contribution is -2.04. The molecule has 1 aliphatic rings. The number of hydrogen-bond donors (Lipinski definition) is 1. The summed E-state index contributed by atoms with van der Waals surface area (Å²) in [6.45, 7) is 0.685. The van der Waals surface area contributed by atoms with Crippen LogP contribution in [0.1, 0.15) is 24.5 Å². The Kier molecular flexibility index (Phi) is 3.11. The highest BCUT2D eigenvalue weighted by molar-refractivity contribution is 9.10. The molecule has 1 saturated heterocycles. The van der Waals surface area contributed by atoms with Crippen LogP contribution in [0.15, 0.2) is 16.6 Å². The monoisotopic (exact) mass is 286 g/mol. The van der Waals surface area contributed by atoms with E-state index in [0.29, 0.717) is 16.6 Å². The summed E-state index contributed by atoms with van der Waals surface area (Å²) >= 11 is 3.25. The number of nitrogens with zero attached hydrogens (tertiary/aromatic N) is 1. The SMILES string of the molecule is Nc1c([C@H]2CCCO2)cc(Br)cc1[N+](=O)[O-]. The van der Waals surface area contributed by atoms with E-state index >= 15 is 0 Å². The number of nitro benzene ring substituents is 1. The average Bonchev–Trinajstić information content (AvgIpc) is 2.73. The van der Waals surface area contributed by atoms with Gasteiger partial charge < -0.3 is 10.5 Å². The summed E-state index contributed by atoms with van der Waals surface area (Å²) in [5, 5.41) is 10.8. The van der Waals surface area contributed by atoms with Gasteiger partial charge in [-0.05, 0) is 18.9 Å². The Bertz CT molecular complexity index is 430. The van der Waals surface area contributed by atoms with Gasteiger partial charge in [0.05, 0.1) is 11.0 Å². The first-order valence-corrected chi connectivity index (χ1v) is 5.74. The maximum absolute atomic E-state index is 10.8. The molecule has 1 atom stereocenters. The number of benzene rings is 1. The summed E-state index contributed by atoms with van der Waals surface area (Å²) in [4.78, 5) is 10.3. The molecule has 86 valence electrons. The number of rotatable bonds is 2. The van der Waals surface area contributed by atoms with Crippen molar-refractivity contribution in [3.05, 3.63) is 32.3 Å². The van der Waals surface area contributed by atoms with Crippen molar-refractivity contribution >= 4 is 27.3 Å². The molecule has 2 rings (SSSR count). The first-order valence-electron chi connectivity index (χ1n) is 4.94. The number of nitrogen functional groups attached to an aromatic ring is 1. The van der Waals surface area contributed by atoms with Gasteiger partial charge in [-0.3, -0.25) is 10.1 Å². The molecular formula is C10H11BrN2O3. The Labute approximate surface area is 101 Å². The van der Waals surface area contributed by atoms with Crippen molar-refractivity contribution < 1.29 is 9.66 Å². The van der Waals surface area contributed by atoms with Gasteiger partial charge in [-0.15, -0.1) is 0 Å². The van der Waals surface area contributed by atoms with Crippen molar-refractivity contribution in [2.75, 3.05) is 12.3 Å². The van der Waals surface area contributed by atoms with Gasteiger partial charge in [0, 0.05) is 22.7 Å². The fourth-order valence-corrected chi connectivity index (χ4v) is 2.33. The molecule has 5 nitrogen and oxygen atoms in total. The van der Waals surface area contributed by atoms with Gasteiger partial charge in [0.1, 0.15) is 5.69 Å². The molecule has 0 aromatic heterocycles. The van der Waals surface area contributed by atoms with Gasteiger partial charge in [-0.2, -0.15) is 0 Å². The Balaban J connectivity index is 2.47. The molecule has 1 aromatic carbocycles. The van der Waals surface area contributed by atoms with Crippen LogP contribution in [-0.2, 0) is 4.74 Å². The van der Waals surface area contributed by atoms with E-state index in [-0.39, 0.29) is 17.5 Å². The van der Waals surface area contributed by atoms with Gasteiger partial charge in [0.15, 0.2) is 0 Å². The summed E-state index contributed by atoms with van der Waals surface area (Å²) in [5.74, 6) is 0. The molecule has 1 aliphatic heterocycles. The van der Waals surface area contributed by atoms with Gasteiger partial charge >= 0.3 is 0 Å². The molecule has 0 amide bonds. The Hall–Kier alpha value is -1.14. The summed E-state index contributed by atoms with van der Waals surface area (Å²) in [5.41, 5.74) is 6.64. The van der Waals surface area contributed by atoms with Crippen molar-refractivity contribution in [2.24, 2.45) is 0 Å². The Morgan fingerprint density at radius 3 is 2.88 bits per heavy atom. The van der Waals surface area contributed by atoms with Crippen molar-refractivity contribution in [1.82, 2.24) is 0 Å². The van der Waals surface area contributed by atoms with E-state index in [4.69, 9.17) is 10.5 Å². The lowest BCUT2D eigenvalue weighted by Gasteiger charge is -2.13. The summed E-state index contributed by atoms with van der Waals surface area (Å²) in [7, 11) is 0. The van der Waals surface area contributed by atoms with Crippen LogP contribution in [0.4, 0.5) is 11.4 Å². The smallest absolute Gasteiger partial charge is 0.293 e. The molecule has 2 N–H and O–H groups in total. The average molecular weight is 287 g/mol. The summed E-state index contributed by atoms with van der Waals surface area (Å²) < 4.78 is 6.14. The molecule has 0 bridgehead atoms. The first kappa shape index (κ1) is 11.3. The largest absolute Gasteiger partial charge is 0.393 e. The van der Waals surface area contributed by atoms with Crippen LogP contribution in [0, 0.1) is 10.1 Å². The highest BCUT2D eigenvalue weighted by atomic mass is 79.9. The Morgan fingerprint density at radius 2 is 2.31 bits per heavy atom. The normalized spacial score (nSPS) is 19.9. The molecule has 6 heteroatoms. The standard InChI is InChI=1S/C10H11BrN2O3/c11-6-4-7(9-2-1-3-16-9)10(12)8(5-6)13(14)15/h4-5,9H,1-3,12H2/t9-/m1/s1. The van der Waals surface area contributed by atoms with Crippen LogP contribution >= 0.6 is 15.9 Å². The minimum absolute atomic E-state index is 0.0696. The van der Waals surface area contributed by atoms with Crippen molar-refractivity contribution in [3.8, 4) is 0 Å². The van der Waals surface area contributed by atoms with Crippen LogP contribution in [0.2, 0.25) is 0 Å². The molecular weight excluding hydrogens is 276 g/mol. The second-order valence-corrected chi connectivity index (χ2v) is 4.60. The van der Waals surface area contributed by atoms with Crippen LogP contribution in [0.5, 0.6) is 0 Å². The quantitative estimate of drug-likeness (QED) is 0.515. The fraction of sp³-hybridized carbons (Fsp3) is 0.400. The summed E-state index contributed by atoms with van der Waals surface area (Å²) in [6.07, 6.45) is 1.71. The first-order chi connectivity index (χ1) is 7.59. The third-order valence-electron chi connectivity index (χ3n) is 2.63. The van der Waals surface area contributed by atoms with Gasteiger partial charge in [-0.25, -0.2) is 0 Å². The van der Waals surface area contributed by atoms with Gasteiger partial charge in [0.2, 0.25) is 0 Å². The Morgan fingerprint density at radius 1 is 1.56 bits per heavy atom. The highest BCUT2D eigenvalue weighted by Crippen LogP contribution is 2.38. The zero-order valence-corrected chi connectivity index (χ0v) is 10.1. The molecule has 0 aliphatic carbocycles. The molecule has 1 fully saturated rings. The molecule has 1 heterocycles. The third kappa shape index (κ3) is 2.03. The lowest BCUT2D eigenvalue weighted by molar-refractivity contribution is -0.384. The van der Waals surface area contributed by atoms with E-state index < -0.39 is 4.92 Å². The van der Waals surface area contributed by atoms with Gasteiger partial charge in [-0.1, -0.05) is 15.9 Å². The third-order valence-corrected chi connectivity index (χ3v) is 3.09. The number of anilines is 1. The van der Waals surface area contributed by atoms with Crippen LogP contribution in [0.25, 0.3) is 0 Å². The van der Waals surface area contributed by atoms with Crippen LogP contribution in [-0.4, -0.2) is 11.5 Å². The van der Waals surface area contributed by atoms with E-state index in [9.17, 15) is 10.1 Å². The molecule has 16 heavy (non-hydrogen) atoms. The highest BCUT2D eigenvalue weighted by Gasteiger charge is 2.25. The number of nitrogens with two attached hydrogens (primary N) is 1. The lowest BCUT2D eigenvalue weighted by atomic mass is 10.0. The molecule has 0 unspecified atom stereocenters. The van der Waals surface area contributed by atoms with E-state index in [1.165, 1.54) is 6.07 Å². The molecule has 0 radical (unpaired) electrons. The zero-order chi connectivity index (χ0) is 11.7. The van der Waals surface area contributed by atoms with Crippen molar-refractivity contribution in [3.63, 3.8) is 0 Å². The predicted molar refractivity (Wildman–Crippen MR) is 63.1 cm³/mol. The molecule has 0 spiro atoms. The number of hydrogen-bond acceptors (Lipinski definition) is 4. The maximum Gasteiger partial charge on any atom is 0.293 e. The second kappa shape index (κ2) is 4.39. The number of halogens is 1. The second-order valence-electron chi connectivity index (χ2n) is 3.69. The zero-order valence-electron chi connectivity index (χ0n) is 8.48. The van der Waals surface area contributed by atoms with E-state index in [2.05, 4.69) is 15.9 Å². The number of ether oxygens (including phenoxy) is 1. The fourth-order valence-electron chi connectivity index (χ4n) is 1.86. The number of nitro groups is 1. The van der Waals surface area contributed by atoms with Crippen molar-refractivity contribution in [1.29, 1.82) is 0 Å². The molecule has 0 saturated carbocycles. The van der Waals surface area contributed by atoms with Crippen molar-refractivity contribution in [2.45, 2.75) is 18.9 Å². The topological polar surface area (TPSA) is 78.4 Å². The van der Waals surface area contributed by atoms with Crippen LogP contribution < -0.4 is 5.73 Å². The predicted octanol–water partition coefficient (Wildman–Crippen LogP) is 2.79. The minimum Gasteiger partial charge on any atom is -0.393 e. The van der Waals surface area contributed by atoms with Crippen LogP contribution in [0.3, 0.4) is 0 Å². The molecule has 1 aromatic rings.